The Balaban J connectivity index is 1.49. The second kappa shape index (κ2) is 10.3. The topological polar surface area (TPSA) is 71.8 Å². The minimum atomic E-state index is -0.173. The van der Waals surface area contributed by atoms with Crippen molar-refractivity contribution in [2.24, 2.45) is 0 Å². The zero-order valence-electron chi connectivity index (χ0n) is 16.0. The average Bonchev–Trinajstić information content (AvgIpc) is 3.19. The van der Waals surface area contributed by atoms with E-state index in [0.717, 1.165) is 62.6 Å². The molecule has 0 aliphatic carbocycles. The van der Waals surface area contributed by atoms with Gasteiger partial charge in [0, 0.05) is 44.1 Å². The van der Waals surface area contributed by atoms with Gasteiger partial charge in [0.2, 0.25) is 0 Å². The Morgan fingerprint density at radius 2 is 2.26 bits per heavy atom. The van der Waals surface area contributed by atoms with Crippen LogP contribution in [0.25, 0.3) is 0 Å². The first-order valence-corrected chi connectivity index (χ1v) is 9.62. The minimum Gasteiger partial charge on any atom is -0.493 e. The van der Waals surface area contributed by atoms with Gasteiger partial charge in [0.1, 0.15) is 6.61 Å². The van der Waals surface area contributed by atoms with Crippen LogP contribution in [0.15, 0.2) is 36.9 Å². The van der Waals surface area contributed by atoms with Gasteiger partial charge in [-0.1, -0.05) is 12.1 Å². The van der Waals surface area contributed by atoms with Gasteiger partial charge < -0.3 is 24.5 Å². The SMILES string of the molecule is COc1cccc(CNCCN2CCC[C@@H](O)C2)c1OCCn1ccnc1. The van der Waals surface area contributed by atoms with Crippen LogP contribution in [0.1, 0.15) is 18.4 Å². The molecule has 148 valence electrons. The van der Waals surface area contributed by atoms with Crippen LogP contribution in [-0.4, -0.2) is 65.6 Å². The Morgan fingerprint density at radius 1 is 1.33 bits per heavy atom. The number of likely N-dealkylation sites (tertiary alicyclic amines) is 1. The fourth-order valence-corrected chi connectivity index (χ4v) is 3.39. The highest BCUT2D eigenvalue weighted by Gasteiger charge is 2.17. The zero-order chi connectivity index (χ0) is 18.9. The average molecular weight is 374 g/mol. The molecule has 0 amide bonds. The van der Waals surface area contributed by atoms with Crippen LogP contribution in [0.3, 0.4) is 0 Å². The van der Waals surface area contributed by atoms with Crippen LogP contribution in [0.2, 0.25) is 0 Å². The summed E-state index contributed by atoms with van der Waals surface area (Å²) >= 11 is 0. The van der Waals surface area contributed by atoms with Gasteiger partial charge in [-0.05, 0) is 25.5 Å². The highest BCUT2D eigenvalue weighted by Crippen LogP contribution is 2.31. The first-order valence-electron chi connectivity index (χ1n) is 9.62. The van der Waals surface area contributed by atoms with Crippen molar-refractivity contribution < 1.29 is 14.6 Å². The molecule has 1 saturated heterocycles. The van der Waals surface area contributed by atoms with Crippen LogP contribution in [0.5, 0.6) is 11.5 Å². The number of aliphatic hydroxyl groups excluding tert-OH is 1. The van der Waals surface area contributed by atoms with E-state index in [1.165, 1.54) is 0 Å². The van der Waals surface area contributed by atoms with E-state index in [9.17, 15) is 5.11 Å². The van der Waals surface area contributed by atoms with Gasteiger partial charge in [-0.2, -0.15) is 0 Å². The van der Waals surface area contributed by atoms with Crippen LogP contribution in [0, 0.1) is 0 Å². The van der Waals surface area contributed by atoms with Crippen molar-refractivity contribution >= 4 is 0 Å². The summed E-state index contributed by atoms with van der Waals surface area (Å²) in [5.74, 6) is 1.54. The molecule has 0 unspecified atom stereocenters. The van der Waals surface area contributed by atoms with Crippen LogP contribution in [-0.2, 0) is 13.1 Å². The lowest BCUT2D eigenvalue weighted by molar-refractivity contribution is 0.0712. The first kappa shape index (κ1) is 19.7. The molecule has 0 saturated carbocycles. The monoisotopic (exact) mass is 374 g/mol. The molecular weight excluding hydrogens is 344 g/mol. The normalized spacial score (nSPS) is 17.8. The number of nitrogens with zero attached hydrogens (tertiary/aromatic N) is 3. The fourth-order valence-electron chi connectivity index (χ4n) is 3.39. The molecule has 7 nitrogen and oxygen atoms in total. The van der Waals surface area contributed by atoms with Crippen molar-refractivity contribution in [2.45, 2.75) is 32.0 Å². The summed E-state index contributed by atoms with van der Waals surface area (Å²) in [6, 6.07) is 5.97. The predicted octanol–water partition coefficient (Wildman–Crippen LogP) is 1.52. The summed E-state index contributed by atoms with van der Waals surface area (Å²) in [7, 11) is 1.66. The van der Waals surface area contributed by atoms with Crippen LogP contribution in [0.4, 0.5) is 0 Å². The number of para-hydroxylation sites is 1. The maximum Gasteiger partial charge on any atom is 0.165 e. The number of imidazole rings is 1. The predicted molar refractivity (Wildman–Crippen MR) is 104 cm³/mol. The number of methoxy groups -OCH3 is 1. The van der Waals surface area contributed by atoms with Crippen LogP contribution < -0.4 is 14.8 Å². The number of hydrogen-bond donors (Lipinski definition) is 2. The van der Waals surface area contributed by atoms with E-state index < -0.39 is 0 Å². The third-order valence-electron chi connectivity index (χ3n) is 4.84. The quantitative estimate of drug-likeness (QED) is 0.615. The van der Waals surface area contributed by atoms with Gasteiger partial charge in [0.05, 0.1) is 26.1 Å². The third kappa shape index (κ3) is 5.95. The number of nitrogens with one attached hydrogen (secondary N) is 1. The molecule has 0 radical (unpaired) electrons. The van der Waals surface area contributed by atoms with Gasteiger partial charge >= 0.3 is 0 Å². The molecule has 7 heteroatoms. The van der Waals surface area contributed by atoms with Gasteiger partial charge in [-0.15, -0.1) is 0 Å². The lowest BCUT2D eigenvalue weighted by atomic mass is 10.1. The highest BCUT2D eigenvalue weighted by molar-refractivity contribution is 5.46. The first-order chi connectivity index (χ1) is 13.3. The number of β-amino-alcohol motifs (C(OH)–C–C–N with tert-alkyl or cyclic N) is 1. The molecule has 1 atom stereocenters. The number of aromatic nitrogens is 2. The largest absolute Gasteiger partial charge is 0.493 e. The molecule has 3 rings (SSSR count). The molecule has 27 heavy (non-hydrogen) atoms. The Morgan fingerprint density at radius 3 is 3.04 bits per heavy atom. The third-order valence-corrected chi connectivity index (χ3v) is 4.84. The molecule has 1 aliphatic heterocycles. The number of aliphatic hydroxyl groups is 1. The summed E-state index contributed by atoms with van der Waals surface area (Å²) < 4.78 is 13.5. The Labute approximate surface area is 160 Å². The summed E-state index contributed by atoms with van der Waals surface area (Å²) in [5.41, 5.74) is 1.08. The number of hydrogen-bond acceptors (Lipinski definition) is 6. The minimum absolute atomic E-state index is 0.173. The Hall–Kier alpha value is -2.09. The van der Waals surface area contributed by atoms with E-state index in [2.05, 4.69) is 21.3 Å². The fraction of sp³-hybridized carbons (Fsp3) is 0.550. The summed E-state index contributed by atoms with van der Waals surface area (Å²) in [6.07, 6.45) is 7.30. The van der Waals surface area contributed by atoms with E-state index in [4.69, 9.17) is 9.47 Å². The van der Waals surface area contributed by atoms with E-state index in [1.807, 2.05) is 22.9 Å². The molecule has 0 bridgehead atoms. The standard InChI is InChI=1S/C20H30N4O3/c1-26-19-6-2-4-17(20(19)27-13-12-24-11-8-22-16-24)14-21-7-10-23-9-3-5-18(25)15-23/h2,4,6,8,11,16,18,21,25H,3,5,7,9-10,12-15H2,1H3/t18-/m1/s1. The number of ether oxygens (including phenoxy) is 2. The van der Waals surface area contributed by atoms with Crippen molar-refractivity contribution in [1.82, 2.24) is 19.8 Å². The lowest BCUT2D eigenvalue weighted by Crippen LogP contribution is -2.41. The second-order valence-electron chi connectivity index (χ2n) is 6.87. The smallest absolute Gasteiger partial charge is 0.165 e. The molecule has 1 aromatic heterocycles. The van der Waals surface area contributed by atoms with E-state index in [-0.39, 0.29) is 6.10 Å². The molecule has 1 fully saturated rings. The maximum atomic E-state index is 9.76. The Kier molecular flexibility index (Phi) is 7.50. The second-order valence-corrected chi connectivity index (χ2v) is 6.87. The van der Waals surface area contributed by atoms with Crippen molar-refractivity contribution in [1.29, 1.82) is 0 Å². The highest BCUT2D eigenvalue weighted by atomic mass is 16.5. The number of benzene rings is 1. The Bertz CT molecular complexity index is 678. The van der Waals surface area contributed by atoms with Gasteiger partial charge in [-0.25, -0.2) is 4.98 Å². The molecular formula is C20H30N4O3. The van der Waals surface area contributed by atoms with Crippen molar-refractivity contribution in [3.63, 3.8) is 0 Å². The zero-order valence-corrected chi connectivity index (χ0v) is 16.0. The van der Waals surface area contributed by atoms with Gasteiger partial charge in [0.25, 0.3) is 0 Å². The summed E-state index contributed by atoms with van der Waals surface area (Å²) in [6.45, 7) is 5.67. The lowest BCUT2D eigenvalue weighted by Gasteiger charge is -2.29. The van der Waals surface area contributed by atoms with Crippen molar-refractivity contribution in [3.8, 4) is 11.5 Å². The van der Waals surface area contributed by atoms with E-state index >= 15 is 0 Å². The summed E-state index contributed by atoms with van der Waals surface area (Å²) in [4.78, 5) is 6.36. The molecule has 1 aliphatic rings. The molecule has 2 aromatic rings. The van der Waals surface area contributed by atoms with E-state index in [1.54, 1.807) is 19.6 Å². The van der Waals surface area contributed by atoms with Gasteiger partial charge in [0.15, 0.2) is 11.5 Å². The van der Waals surface area contributed by atoms with Crippen molar-refractivity contribution in [2.75, 3.05) is 39.9 Å². The van der Waals surface area contributed by atoms with Gasteiger partial charge in [-0.3, -0.25) is 4.90 Å². The summed E-state index contributed by atoms with van der Waals surface area (Å²) in [5, 5.41) is 13.2. The maximum absolute atomic E-state index is 9.76. The molecule has 2 heterocycles. The number of rotatable bonds is 10. The molecule has 1 aromatic carbocycles. The number of piperidine rings is 1. The molecule has 2 N–H and O–H groups in total. The van der Waals surface area contributed by atoms with Crippen LogP contribution >= 0.6 is 0 Å². The molecule has 0 spiro atoms. The van der Waals surface area contributed by atoms with Crippen molar-refractivity contribution in [3.05, 3.63) is 42.5 Å². The van der Waals surface area contributed by atoms with E-state index in [0.29, 0.717) is 13.2 Å².